The Bertz CT molecular complexity index is 146. The number of halogens is 1. The van der Waals surface area contributed by atoms with Crippen molar-refractivity contribution in [1.82, 2.24) is 8.01 Å². The fraction of sp³-hybridized carbons (Fsp3) is 0.833. The zero-order chi connectivity index (χ0) is 7.89. The lowest BCUT2D eigenvalue weighted by Gasteiger charge is -2.14. The normalized spacial score (nSPS) is 33.8. The van der Waals surface area contributed by atoms with Gasteiger partial charge in [0, 0.05) is 7.05 Å². The molecule has 0 aromatic rings. The van der Waals surface area contributed by atoms with Gasteiger partial charge in [-0.15, -0.1) is 0 Å². The minimum absolute atomic E-state index is 0.112. The van der Waals surface area contributed by atoms with E-state index in [1.54, 1.807) is 8.01 Å². The molecule has 0 aliphatic carbocycles. The molecule has 1 aliphatic rings. The number of hydrogen-bond acceptors (Lipinski definition) is 1. The van der Waals surface area contributed by atoms with Crippen molar-refractivity contribution in [2.45, 2.75) is 25.9 Å². The van der Waals surface area contributed by atoms with E-state index in [4.69, 9.17) is 0 Å². The molecule has 58 valence electrons. The van der Waals surface area contributed by atoms with Crippen LogP contribution >= 0.6 is 22.9 Å². The molecule has 2 unspecified atom stereocenters. The van der Waals surface area contributed by atoms with Crippen molar-refractivity contribution in [3.63, 3.8) is 0 Å². The number of urea groups is 1. The number of amides is 2. The van der Waals surface area contributed by atoms with Crippen LogP contribution in [0.15, 0.2) is 0 Å². The maximum atomic E-state index is 11.2. The van der Waals surface area contributed by atoms with Crippen LogP contribution in [0.25, 0.3) is 0 Å². The van der Waals surface area contributed by atoms with Crippen LogP contribution in [0.5, 0.6) is 0 Å². The van der Waals surface area contributed by atoms with Crippen LogP contribution in [0, 0.1) is 0 Å². The van der Waals surface area contributed by atoms with Crippen LogP contribution in [0.3, 0.4) is 0 Å². The Kier molecular flexibility index (Phi) is 2.07. The second kappa shape index (κ2) is 2.56. The Balaban J connectivity index is 2.78. The highest BCUT2D eigenvalue weighted by Crippen LogP contribution is 2.23. The summed E-state index contributed by atoms with van der Waals surface area (Å²) in [5.41, 5.74) is 0. The standard InChI is InChI=1S/C6H11IN2O/c1-4-5(2)9(7)6(10)8(4)3/h4-5H,1-3H3. The molecule has 1 rings (SSSR count). The van der Waals surface area contributed by atoms with Crippen molar-refractivity contribution in [3.8, 4) is 0 Å². The average molecular weight is 254 g/mol. The molecule has 3 nitrogen and oxygen atoms in total. The van der Waals surface area contributed by atoms with Crippen LogP contribution in [0.1, 0.15) is 13.8 Å². The van der Waals surface area contributed by atoms with E-state index in [1.165, 1.54) is 0 Å². The maximum absolute atomic E-state index is 11.2. The first kappa shape index (κ1) is 8.10. The number of carbonyl (C=O) groups excluding carboxylic acids is 1. The molecule has 0 radical (unpaired) electrons. The van der Waals surface area contributed by atoms with Gasteiger partial charge in [0.25, 0.3) is 0 Å². The number of hydrogen-bond donors (Lipinski definition) is 0. The van der Waals surface area contributed by atoms with Gasteiger partial charge in [-0.3, -0.25) is 3.11 Å². The Labute approximate surface area is 74.9 Å². The number of likely N-dealkylation sites (N-methyl/N-ethyl adjacent to an activating group) is 1. The zero-order valence-electron chi connectivity index (χ0n) is 6.34. The van der Waals surface area contributed by atoms with Gasteiger partial charge in [0.15, 0.2) is 0 Å². The monoisotopic (exact) mass is 254 g/mol. The van der Waals surface area contributed by atoms with E-state index < -0.39 is 0 Å². The molecule has 1 aliphatic heterocycles. The average Bonchev–Trinajstić information content (AvgIpc) is 2.07. The summed E-state index contributed by atoms with van der Waals surface area (Å²) in [5, 5.41) is 0. The molecule has 2 amide bonds. The minimum Gasteiger partial charge on any atom is -0.322 e. The molecule has 1 heterocycles. The topological polar surface area (TPSA) is 23.6 Å². The van der Waals surface area contributed by atoms with E-state index in [1.807, 2.05) is 7.05 Å². The van der Waals surface area contributed by atoms with Gasteiger partial charge >= 0.3 is 6.03 Å². The molecule has 0 saturated carbocycles. The highest BCUT2D eigenvalue weighted by atomic mass is 127. The molecule has 1 saturated heterocycles. The summed E-state index contributed by atoms with van der Waals surface area (Å²) in [4.78, 5) is 12.9. The second-order valence-electron chi connectivity index (χ2n) is 2.69. The fourth-order valence-electron chi connectivity index (χ4n) is 1.01. The van der Waals surface area contributed by atoms with Gasteiger partial charge in [-0.25, -0.2) is 4.79 Å². The van der Waals surface area contributed by atoms with E-state index in [9.17, 15) is 4.79 Å². The summed E-state index contributed by atoms with van der Waals surface area (Å²) in [6.45, 7) is 4.11. The predicted octanol–water partition coefficient (Wildman–Crippen LogP) is 1.48. The van der Waals surface area contributed by atoms with Crippen LogP contribution in [0.2, 0.25) is 0 Å². The van der Waals surface area contributed by atoms with Crippen molar-refractivity contribution < 1.29 is 4.79 Å². The summed E-state index contributed by atoms with van der Waals surface area (Å²) >= 11 is 2.06. The molecule has 0 bridgehead atoms. The molecular formula is C6H11IN2O. The van der Waals surface area contributed by atoms with Crippen LogP contribution in [-0.2, 0) is 0 Å². The van der Waals surface area contributed by atoms with Crippen LogP contribution < -0.4 is 0 Å². The van der Waals surface area contributed by atoms with Crippen molar-refractivity contribution in [2.75, 3.05) is 7.05 Å². The van der Waals surface area contributed by atoms with E-state index in [2.05, 4.69) is 36.7 Å². The third kappa shape index (κ3) is 0.980. The maximum Gasteiger partial charge on any atom is 0.329 e. The van der Waals surface area contributed by atoms with Gasteiger partial charge in [-0.05, 0) is 13.8 Å². The summed E-state index contributed by atoms with van der Waals surface area (Å²) in [7, 11) is 1.84. The Hall–Kier alpha value is 0. The Morgan fingerprint density at radius 1 is 1.40 bits per heavy atom. The summed E-state index contributed by atoms with van der Waals surface area (Å²) < 4.78 is 1.74. The fourth-order valence-corrected chi connectivity index (χ4v) is 1.82. The summed E-state index contributed by atoms with van der Waals surface area (Å²) in [6, 6.07) is 0.781. The minimum atomic E-state index is 0.112. The molecule has 2 atom stereocenters. The molecule has 0 N–H and O–H groups in total. The lowest BCUT2D eigenvalue weighted by molar-refractivity contribution is 0.213. The van der Waals surface area contributed by atoms with Crippen molar-refractivity contribution in [1.29, 1.82) is 0 Å². The first-order chi connectivity index (χ1) is 4.55. The first-order valence-electron chi connectivity index (χ1n) is 3.27. The third-order valence-corrected chi connectivity index (χ3v) is 3.44. The number of carbonyl (C=O) groups is 1. The molecule has 1 fully saturated rings. The number of nitrogens with zero attached hydrogens (tertiary/aromatic N) is 2. The smallest absolute Gasteiger partial charge is 0.322 e. The van der Waals surface area contributed by atoms with Gasteiger partial charge in [-0.1, -0.05) is 0 Å². The van der Waals surface area contributed by atoms with Gasteiger partial charge in [0.05, 0.1) is 34.9 Å². The van der Waals surface area contributed by atoms with Crippen molar-refractivity contribution in [2.24, 2.45) is 0 Å². The molecule has 10 heavy (non-hydrogen) atoms. The van der Waals surface area contributed by atoms with E-state index in [0.29, 0.717) is 12.1 Å². The highest BCUT2D eigenvalue weighted by molar-refractivity contribution is 14.1. The number of rotatable bonds is 0. The summed E-state index contributed by atoms with van der Waals surface area (Å²) in [5.74, 6) is 0. The lowest BCUT2D eigenvalue weighted by atomic mass is 10.2. The quantitative estimate of drug-likeness (QED) is 0.474. The van der Waals surface area contributed by atoms with Crippen molar-refractivity contribution >= 4 is 28.9 Å². The second-order valence-corrected chi connectivity index (χ2v) is 3.73. The molecular weight excluding hydrogens is 243 g/mol. The predicted molar refractivity (Wildman–Crippen MR) is 47.9 cm³/mol. The highest BCUT2D eigenvalue weighted by Gasteiger charge is 2.36. The molecule has 4 heteroatoms. The van der Waals surface area contributed by atoms with E-state index in [-0.39, 0.29) is 6.03 Å². The van der Waals surface area contributed by atoms with Crippen LogP contribution in [0.4, 0.5) is 4.79 Å². The first-order valence-corrected chi connectivity index (χ1v) is 4.24. The largest absolute Gasteiger partial charge is 0.329 e. The molecule has 0 aromatic heterocycles. The van der Waals surface area contributed by atoms with Gasteiger partial charge < -0.3 is 4.90 Å². The Morgan fingerprint density at radius 2 is 1.90 bits per heavy atom. The van der Waals surface area contributed by atoms with Gasteiger partial charge in [0.2, 0.25) is 0 Å². The Morgan fingerprint density at radius 3 is 2.00 bits per heavy atom. The van der Waals surface area contributed by atoms with E-state index in [0.717, 1.165) is 0 Å². The van der Waals surface area contributed by atoms with Gasteiger partial charge in [-0.2, -0.15) is 0 Å². The lowest BCUT2D eigenvalue weighted by Crippen LogP contribution is -2.28. The van der Waals surface area contributed by atoms with E-state index >= 15 is 0 Å². The van der Waals surface area contributed by atoms with Crippen molar-refractivity contribution in [3.05, 3.63) is 0 Å². The van der Waals surface area contributed by atoms with Crippen LogP contribution in [-0.4, -0.2) is 33.2 Å². The molecule has 0 aromatic carbocycles. The van der Waals surface area contributed by atoms with Gasteiger partial charge in [0.1, 0.15) is 0 Å². The molecule has 0 spiro atoms. The zero-order valence-corrected chi connectivity index (χ0v) is 8.49. The summed E-state index contributed by atoms with van der Waals surface area (Å²) in [6.07, 6.45) is 0. The SMILES string of the molecule is CC1C(C)N(I)C(=O)N1C. The third-order valence-electron chi connectivity index (χ3n) is 2.15.